The number of nitrogens with zero attached hydrogens (tertiary/aromatic N) is 2. The molecular formula is C18H22ClN3O2. The van der Waals surface area contributed by atoms with Crippen LogP contribution in [0.2, 0.25) is 5.02 Å². The van der Waals surface area contributed by atoms with Gasteiger partial charge in [-0.1, -0.05) is 18.0 Å². The van der Waals surface area contributed by atoms with Gasteiger partial charge in [0.05, 0.1) is 11.7 Å². The van der Waals surface area contributed by atoms with Crippen molar-refractivity contribution in [2.45, 2.75) is 43.8 Å². The summed E-state index contributed by atoms with van der Waals surface area (Å²) in [7, 11) is 0. The van der Waals surface area contributed by atoms with Gasteiger partial charge in [-0.2, -0.15) is 0 Å². The third kappa shape index (κ3) is 2.60. The highest BCUT2D eigenvalue weighted by atomic mass is 35.5. The van der Waals surface area contributed by atoms with E-state index in [1.807, 2.05) is 4.90 Å². The van der Waals surface area contributed by atoms with Crippen LogP contribution in [-0.4, -0.2) is 53.0 Å². The van der Waals surface area contributed by atoms with Gasteiger partial charge in [0.2, 0.25) is 5.91 Å². The second-order valence-electron chi connectivity index (χ2n) is 7.02. The van der Waals surface area contributed by atoms with E-state index in [-0.39, 0.29) is 23.5 Å². The molecule has 24 heavy (non-hydrogen) atoms. The average molecular weight is 348 g/mol. The molecule has 3 heterocycles. The lowest BCUT2D eigenvalue weighted by atomic mass is 9.92. The van der Waals surface area contributed by atoms with E-state index in [4.69, 9.17) is 11.6 Å². The largest absolute Gasteiger partial charge is 0.338 e. The SMILES string of the molecule is O=C1NC2(CCN(C(=O)c3ccc(Cl)cc3)CC2)N2CCCC[C@H]12. The number of nitrogens with one attached hydrogen (secondary N) is 1. The molecule has 0 bridgehead atoms. The summed E-state index contributed by atoms with van der Waals surface area (Å²) in [6.07, 6.45) is 4.84. The Balaban J connectivity index is 1.46. The third-order valence-corrected chi connectivity index (χ3v) is 5.93. The molecule has 128 valence electrons. The van der Waals surface area contributed by atoms with Crippen LogP contribution in [0.4, 0.5) is 0 Å². The lowest BCUT2D eigenvalue weighted by Gasteiger charge is -2.46. The smallest absolute Gasteiger partial charge is 0.253 e. The first-order valence-electron chi connectivity index (χ1n) is 8.73. The Morgan fingerprint density at radius 3 is 2.54 bits per heavy atom. The van der Waals surface area contributed by atoms with Crippen molar-refractivity contribution in [1.82, 2.24) is 15.1 Å². The Morgan fingerprint density at radius 1 is 1.12 bits per heavy atom. The lowest BCUT2D eigenvalue weighted by molar-refractivity contribution is -0.122. The second kappa shape index (κ2) is 6.05. The number of fused-ring (bicyclic) bond motifs is 2. The highest BCUT2D eigenvalue weighted by Crippen LogP contribution is 2.37. The molecule has 0 saturated carbocycles. The number of rotatable bonds is 1. The summed E-state index contributed by atoms with van der Waals surface area (Å²) in [5, 5.41) is 3.88. The summed E-state index contributed by atoms with van der Waals surface area (Å²) in [5.74, 6) is 0.216. The molecule has 1 atom stereocenters. The Morgan fingerprint density at radius 2 is 1.83 bits per heavy atom. The molecule has 0 radical (unpaired) electrons. The number of carbonyl (C=O) groups is 2. The van der Waals surface area contributed by atoms with Crippen LogP contribution in [0.25, 0.3) is 0 Å². The lowest BCUT2D eigenvalue weighted by Crippen LogP contribution is -2.60. The first-order valence-corrected chi connectivity index (χ1v) is 9.10. The van der Waals surface area contributed by atoms with Gasteiger partial charge in [0.1, 0.15) is 0 Å². The van der Waals surface area contributed by atoms with Gasteiger partial charge in [-0.15, -0.1) is 0 Å². The predicted octanol–water partition coefficient (Wildman–Crippen LogP) is 2.26. The van der Waals surface area contributed by atoms with Crippen LogP contribution in [0, 0.1) is 0 Å². The summed E-state index contributed by atoms with van der Waals surface area (Å²) in [6, 6.07) is 7.07. The zero-order valence-corrected chi connectivity index (χ0v) is 14.4. The van der Waals surface area contributed by atoms with Gasteiger partial charge < -0.3 is 10.2 Å². The van der Waals surface area contributed by atoms with Crippen LogP contribution in [-0.2, 0) is 4.79 Å². The van der Waals surface area contributed by atoms with Gasteiger partial charge >= 0.3 is 0 Å². The second-order valence-corrected chi connectivity index (χ2v) is 7.46. The van der Waals surface area contributed by atoms with Crippen molar-refractivity contribution in [2.75, 3.05) is 19.6 Å². The van der Waals surface area contributed by atoms with Crippen molar-refractivity contribution >= 4 is 23.4 Å². The highest BCUT2D eigenvalue weighted by molar-refractivity contribution is 6.30. The van der Waals surface area contributed by atoms with E-state index >= 15 is 0 Å². The van der Waals surface area contributed by atoms with Crippen LogP contribution in [0.5, 0.6) is 0 Å². The fourth-order valence-corrected chi connectivity index (χ4v) is 4.49. The molecule has 5 nitrogen and oxygen atoms in total. The van der Waals surface area contributed by atoms with Crippen molar-refractivity contribution in [3.8, 4) is 0 Å². The van der Waals surface area contributed by atoms with Gasteiger partial charge in [-0.25, -0.2) is 0 Å². The molecule has 2 amide bonds. The van der Waals surface area contributed by atoms with Crippen molar-refractivity contribution < 1.29 is 9.59 Å². The van der Waals surface area contributed by atoms with E-state index < -0.39 is 0 Å². The van der Waals surface area contributed by atoms with Crippen LogP contribution < -0.4 is 5.32 Å². The number of carbonyl (C=O) groups excluding carboxylic acids is 2. The number of halogens is 1. The van der Waals surface area contributed by atoms with Crippen LogP contribution >= 0.6 is 11.6 Å². The van der Waals surface area contributed by atoms with E-state index in [0.29, 0.717) is 23.7 Å². The van der Waals surface area contributed by atoms with Crippen molar-refractivity contribution in [2.24, 2.45) is 0 Å². The molecule has 1 spiro atoms. The molecule has 3 saturated heterocycles. The molecular weight excluding hydrogens is 326 g/mol. The van der Waals surface area contributed by atoms with E-state index in [2.05, 4.69) is 10.2 Å². The van der Waals surface area contributed by atoms with E-state index in [1.165, 1.54) is 0 Å². The Labute approximate surface area is 146 Å². The van der Waals surface area contributed by atoms with E-state index in [9.17, 15) is 9.59 Å². The third-order valence-electron chi connectivity index (χ3n) is 5.68. The van der Waals surface area contributed by atoms with Gasteiger partial charge in [-0.05, 0) is 37.1 Å². The normalized spacial score (nSPS) is 26.3. The maximum Gasteiger partial charge on any atom is 0.253 e. The van der Waals surface area contributed by atoms with Crippen LogP contribution in [0.15, 0.2) is 24.3 Å². The van der Waals surface area contributed by atoms with Crippen LogP contribution in [0.1, 0.15) is 42.5 Å². The average Bonchev–Trinajstić information content (AvgIpc) is 2.88. The minimum atomic E-state index is -0.237. The van der Waals surface area contributed by atoms with Crippen molar-refractivity contribution in [1.29, 1.82) is 0 Å². The van der Waals surface area contributed by atoms with Gasteiger partial charge in [-0.3, -0.25) is 14.5 Å². The van der Waals surface area contributed by atoms with Gasteiger partial charge in [0.15, 0.2) is 0 Å². The van der Waals surface area contributed by atoms with E-state index in [0.717, 1.165) is 38.6 Å². The van der Waals surface area contributed by atoms with Crippen molar-refractivity contribution in [3.63, 3.8) is 0 Å². The number of hydrogen-bond acceptors (Lipinski definition) is 3. The number of piperidine rings is 2. The standard InChI is InChI=1S/C18H22ClN3O2/c19-14-6-4-13(5-7-14)17(24)21-11-8-18(9-12-21)20-16(23)15-3-1-2-10-22(15)18/h4-7,15H,1-3,8-12H2,(H,20,23)/t15-/m1/s1. The number of benzene rings is 1. The Kier molecular flexibility index (Phi) is 4.01. The number of likely N-dealkylation sites (tertiary alicyclic amines) is 1. The summed E-state index contributed by atoms with van der Waals surface area (Å²) < 4.78 is 0. The minimum Gasteiger partial charge on any atom is -0.338 e. The quantitative estimate of drug-likeness (QED) is 0.847. The number of hydrogen-bond donors (Lipinski definition) is 1. The highest BCUT2D eigenvalue weighted by Gasteiger charge is 2.52. The van der Waals surface area contributed by atoms with E-state index in [1.54, 1.807) is 24.3 Å². The zero-order chi connectivity index (χ0) is 16.7. The molecule has 0 aromatic heterocycles. The molecule has 3 aliphatic heterocycles. The first-order chi connectivity index (χ1) is 11.6. The zero-order valence-electron chi connectivity index (χ0n) is 13.6. The molecule has 4 rings (SSSR count). The molecule has 1 N–H and O–H groups in total. The summed E-state index contributed by atoms with van der Waals surface area (Å²) in [4.78, 5) is 29.2. The topological polar surface area (TPSA) is 52.7 Å². The molecule has 3 fully saturated rings. The molecule has 1 aromatic rings. The molecule has 0 aliphatic carbocycles. The van der Waals surface area contributed by atoms with Gasteiger partial charge in [0.25, 0.3) is 5.91 Å². The maximum atomic E-state index is 12.6. The fraction of sp³-hybridized carbons (Fsp3) is 0.556. The Hall–Kier alpha value is -1.59. The molecule has 0 unspecified atom stereocenters. The number of amides is 2. The summed E-state index contributed by atoms with van der Waals surface area (Å²) in [6.45, 7) is 2.32. The molecule has 1 aromatic carbocycles. The van der Waals surface area contributed by atoms with Gasteiger partial charge in [0, 0.05) is 43.1 Å². The maximum absolute atomic E-state index is 12.6. The molecule has 6 heteroatoms. The van der Waals surface area contributed by atoms with Crippen molar-refractivity contribution in [3.05, 3.63) is 34.9 Å². The minimum absolute atomic E-state index is 0.0391. The fourth-order valence-electron chi connectivity index (χ4n) is 4.37. The van der Waals surface area contributed by atoms with Crippen LogP contribution in [0.3, 0.4) is 0 Å². The predicted molar refractivity (Wildman–Crippen MR) is 91.8 cm³/mol. The monoisotopic (exact) mass is 347 g/mol. The first kappa shape index (κ1) is 15.9. The summed E-state index contributed by atoms with van der Waals surface area (Å²) in [5.41, 5.74) is 0.431. The Bertz CT molecular complexity index is 653. The molecule has 3 aliphatic rings. The summed E-state index contributed by atoms with van der Waals surface area (Å²) >= 11 is 5.89.